The van der Waals surface area contributed by atoms with Crippen LogP contribution in [0, 0.1) is 6.92 Å². The number of aromatic amines is 1. The van der Waals surface area contributed by atoms with Crippen molar-refractivity contribution in [3.63, 3.8) is 0 Å². The molecule has 0 radical (unpaired) electrons. The summed E-state index contributed by atoms with van der Waals surface area (Å²) < 4.78 is 1.98. The highest BCUT2D eigenvalue weighted by Crippen LogP contribution is 2.29. The van der Waals surface area contributed by atoms with E-state index in [4.69, 9.17) is 0 Å². The monoisotopic (exact) mass is 425 g/mol. The highest BCUT2D eigenvalue weighted by molar-refractivity contribution is 7.99. The SMILES string of the molecule is Cc1ccc(-n2c(SCC(=O)c3c[nH]c4ccccc34)nnc2-c2cccnc2)cc1. The molecule has 5 aromatic rings. The summed E-state index contributed by atoms with van der Waals surface area (Å²) in [5, 5.41) is 10.4. The molecule has 0 aliphatic rings. The lowest BCUT2D eigenvalue weighted by Gasteiger charge is -2.10. The van der Waals surface area contributed by atoms with Crippen LogP contribution in [0.2, 0.25) is 0 Å². The van der Waals surface area contributed by atoms with Crippen LogP contribution in [-0.4, -0.2) is 36.3 Å². The van der Waals surface area contributed by atoms with Crippen molar-refractivity contribution in [1.82, 2.24) is 24.7 Å². The van der Waals surface area contributed by atoms with Gasteiger partial charge in [-0.3, -0.25) is 14.3 Å². The van der Waals surface area contributed by atoms with E-state index in [2.05, 4.69) is 20.2 Å². The summed E-state index contributed by atoms with van der Waals surface area (Å²) in [6.45, 7) is 2.05. The van der Waals surface area contributed by atoms with E-state index in [1.54, 1.807) is 18.6 Å². The predicted molar refractivity (Wildman–Crippen MR) is 123 cm³/mol. The molecular formula is C24H19N5OS. The number of benzene rings is 2. The fourth-order valence-corrected chi connectivity index (χ4v) is 4.32. The second kappa shape index (κ2) is 8.20. The van der Waals surface area contributed by atoms with Crippen molar-refractivity contribution in [3.05, 3.63) is 90.4 Å². The predicted octanol–water partition coefficient (Wildman–Crippen LogP) is 5.09. The lowest BCUT2D eigenvalue weighted by molar-refractivity contribution is 0.102. The number of nitrogens with one attached hydrogen (secondary N) is 1. The third-order valence-corrected chi connectivity index (χ3v) is 6.00. The number of H-pyrrole nitrogens is 1. The van der Waals surface area contributed by atoms with Crippen molar-refractivity contribution in [3.8, 4) is 17.1 Å². The molecule has 31 heavy (non-hydrogen) atoms. The molecule has 0 aliphatic heterocycles. The zero-order chi connectivity index (χ0) is 21.2. The molecule has 0 spiro atoms. The number of hydrogen-bond acceptors (Lipinski definition) is 5. The normalized spacial score (nSPS) is 11.1. The van der Waals surface area contributed by atoms with Gasteiger partial charge in [0.05, 0.1) is 5.75 Å². The first-order chi connectivity index (χ1) is 15.2. The second-order valence-electron chi connectivity index (χ2n) is 7.18. The number of Topliss-reactive ketones (excluding diaryl/α,β-unsaturated/α-hetero) is 1. The first-order valence-electron chi connectivity index (χ1n) is 9.85. The number of para-hydroxylation sites is 1. The highest BCUT2D eigenvalue weighted by atomic mass is 32.2. The first-order valence-corrected chi connectivity index (χ1v) is 10.8. The van der Waals surface area contributed by atoms with Crippen molar-refractivity contribution in [1.29, 1.82) is 0 Å². The molecule has 1 N–H and O–H groups in total. The van der Waals surface area contributed by atoms with E-state index >= 15 is 0 Å². The van der Waals surface area contributed by atoms with Gasteiger partial charge in [-0.2, -0.15) is 0 Å². The van der Waals surface area contributed by atoms with Gasteiger partial charge in [0, 0.05) is 46.3 Å². The van der Waals surface area contributed by atoms with Gasteiger partial charge < -0.3 is 4.98 Å². The van der Waals surface area contributed by atoms with Gasteiger partial charge in [0.15, 0.2) is 16.8 Å². The van der Waals surface area contributed by atoms with Gasteiger partial charge in [0.25, 0.3) is 0 Å². The number of rotatable bonds is 6. The Labute approximate surface area is 183 Å². The minimum absolute atomic E-state index is 0.0452. The maximum Gasteiger partial charge on any atom is 0.196 e. The van der Waals surface area contributed by atoms with Crippen molar-refractivity contribution in [2.24, 2.45) is 0 Å². The molecule has 0 bridgehead atoms. The molecule has 3 heterocycles. The molecular weight excluding hydrogens is 406 g/mol. The molecule has 0 unspecified atom stereocenters. The third-order valence-electron chi connectivity index (χ3n) is 5.07. The van der Waals surface area contributed by atoms with Crippen LogP contribution in [-0.2, 0) is 0 Å². The Hall–Kier alpha value is -3.71. The molecule has 7 heteroatoms. The maximum atomic E-state index is 13.0. The quantitative estimate of drug-likeness (QED) is 0.303. The molecule has 0 fully saturated rings. The third kappa shape index (κ3) is 3.75. The van der Waals surface area contributed by atoms with Gasteiger partial charge >= 0.3 is 0 Å². The minimum atomic E-state index is 0.0452. The van der Waals surface area contributed by atoms with Gasteiger partial charge in [-0.15, -0.1) is 10.2 Å². The van der Waals surface area contributed by atoms with E-state index in [-0.39, 0.29) is 11.5 Å². The van der Waals surface area contributed by atoms with Gasteiger partial charge in [-0.25, -0.2) is 0 Å². The number of carbonyl (C=O) groups is 1. The molecule has 152 valence electrons. The molecule has 0 aliphatic carbocycles. The van der Waals surface area contributed by atoms with Gasteiger partial charge in [-0.05, 0) is 37.3 Å². The Morgan fingerprint density at radius 1 is 1.03 bits per heavy atom. The van der Waals surface area contributed by atoms with E-state index in [1.165, 1.54) is 17.3 Å². The number of carbonyl (C=O) groups excluding carboxylic acids is 1. The molecule has 0 amide bonds. The van der Waals surface area contributed by atoms with Crippen LogP contribution in [0.5, 0.6) is 0 Å². The number of pyridine rings is 1. The van der Waals surface area contributed by atoms with E-state index in [9.17, 15) is 4.79 Å². The smallest absolute Gasteiger partial charge is 0.196 e. The summed E-state index contributed by atoms with van der Waals surface area (Å²) in [7, 11) is 0. The van der Waals surface area contributed by atoms with Crippen LogP contribution in [0.25, 0.3) is 28.0 Å². The molecule has 0 saturated carbocycles. The summed E-state index contributed by atoms with van der Waals surface area (Å²) in [6, 6.07) is 19.8. The number of thioether (sulfide) groups is 1. The fraction of sp³-hybridized carbons (Fsp3) is 0.0833. The second-order valence-corrected chi connectivity index (χ2v) is 8.12. The van der Waals surface area contributed by atoms with Crippen molar-refractivity contribution in [2.45, 2.75) is 12.1 Å². The molecule has 0 atom stereocenters. The Kier molecular flexibility index (Phi) is 5.09. The standard InChI is InChI=1S/C24H19N5OS/c1-16-8-10-18(11-9-16)29-23(17-5-4-12-25-13-17)27-28-24(29)31-15-22(30)20-14-26-21-7-3-2-6-19(20)21/h2-14,26H,15H2,1H3. The van der Waals surface area contributed by atoms with Gasteiger partial charge in [0.1, 0.15) is 0 Å². The largest absolute Gasteiger partial charge is 0.360 e. The average molecular weight is 426 g/mol. The molecule has 5 rings (SSSR count). The van der Waals surface area contributed by atoms with E-state index < -0.39 is 0 Å². The summed E-state index contributed by atoms with van der Waals surface area (Å²) in [4.78, 5) is 20.3. The van der Waals surface area contributed by atoms with E-state index in [1.807, 2.05) is 72.2 Å². The summed E-state index contributed by atoms with van der Waals surface area (Å²) in [5.41, 5.74) is 4.62. The Morgan fingerprint density at radius 2 is 1.87 bits per heavy atom. The van der Waals surface area contributed by atoms with Gasteiger partial charge in [0.2, 0.25) is 0 Å². The highest BCUT2D eigenvalue weighted by Gasteiger charge is 2.19. The van der Waals surface area contributed by atoms with E-state index in [0.717, 1.165) is 22.2 Å². The lowest BCUT2D eigenvalue weighted by atomic mass is 10.1. The maximum absolute atomic E-state index is 13.0. The lowest BCUT2D eigenvalue weighted by Crippen LogP contribution is -2.04. The molecule has 3 aromatic heterocycles. The van der Waals surface area contributed by atoms with E-state index in [0.29, 0.717) is 16.5 Å². The number of ketones is 1. The van der Waals surface area contributed by atoms with Crippen LogP contribution in [0.1, 0.15) is 15.9 Å². The molecule has 6 nitrogen and oxygen atoms in total. The zero-order valence-electron chi connectivity index (χ0n) is 16.8. The van der Waals surface area contributed by atoms with Crippen molar-refractivity contribution >= 4 is 28.4 Å². The number of fused-ring (bicyclic) bond motifs is 1. The fourth-order valence-electron chi connectivity index (χ4n) is 3.48. The Balaban J connectivity index is 1.48. The summed E-state index contributed by atoms with van der Waals surface area (Å²) in [6.07, 6.45) is 5.27. The van der Waals surface area contributed by atoms with Crippen molar-refractivity contribution in [2.75, 3.05) is 5.75 Å². The van der Waals surface area contributed by atoms with Crippen LogP contribution in [0.4, 0.5) is 0 Å². The Bertz CT molecular complexity index is 1360. The van der Waals surface area contributed by atoms with Crippen LogP contribution in [0.3, 0.4) is 0 Å². The topological polar surface area (TPSA) is 76.5 Å². The molecule has 2 aromatic carbocycles. The summed E-state index contributed by atoms with van der Waals surface area (Å²) >= 11 is 1.38. The minimum Gasteiger partial charge on any atom is -0.360 e. The summed E-state index contributed by atoms with van der Waals surface area (Å²) in [5.74, 6) is 1.00. The van der Waals surface area contributed by atoms with Gasteiger partial charge in [-0.1, -0.05) is 47.7 Å². The van der Waals surface area contributed by atoms with Crippen LogP contribution in [0.15, 0.2) is 84.4 Å². The Morgan fingerprint density at radius 3 is 2.68 bits per heavy atom. The van der Waals surface area contributed by atoms with Crippen LogP contribution >= 0.6 is 11.8 Å². The van der Waals surface area contributed by atoms with Crippen LogP contribution < -0.4 is 0 Å². The number of nitrogens with zero attached hydrogens (tertiary/aromatic N) is 4. The average Bonchev–Trinajstić information content (AvgIpc) is 3.43. The number of aromatic nitrogens is 5. The molecule has 0 saturated heterocycles. The zero-order valence-corrected chi connectivity index (χ0v) is 17.6. The first kappa shape index (κ1) is 19.3. The number of aryl methyl sites for hydroxylation is 1. The van der Waals surface area contributed by atoms with Crippen molar-refractivity contribution < 1.29 is 4.79 Å². The number of hydrogen-bond donors (Lipinski definition) is 1.